The molecular weight excluding hydrogens is 796 g/mol. The van der Waals surface area contributed by atoms with Gasteiger partial charge in [-0.15, -0.1) is 22.1 Å². The van der Waals surface area contributed by atoms with Crippen LogP contribution in [0.15, 0.2) is 71.9 Å². The van der Waals surface area contributed by atoms with E-state index in [0.717, 1.165) is 48.0 Å². The van der Waals surface area contributed by atoms with Gasteiger partial charge >= 0.3 is 29.0 Å². The number of carboxylic acids is 2. The van der Waals surface area contributed by atoms with Crippen LogP contribution in [0.2, 0.25) is 0 Å². The Kier molecular flexibility index (Phi) is 16.8. The van der Waals surface area contributed by atoms with Gasteiger partial charge < -0.3 is 25.3 Å². The van der Waals surface area contributed by atoms with Crippen LogP contribution in [-0.2, 0) is 37.9 Å². The van der Waals surface area contributed by atoms with Gasteiger partial charge in [-0.25, -0.2) is 9.97 Å². The monoisotopic (exact) mass is 852 g/mol. The second-order valence-corrected chi connectivity index (χ2v) is 15.8. The zero-order valence-electron chi connectivity index (χ0n) is 35.8. The van der Waals surface area contributed by atoms with Crippen LogP contribution < -0.4 is 9.97 Å². The van der Waals surface area contributed by atoms with Crippen molar-refractivity contribution in [1.29, 1.82) is 0 Å². The number of aromatic nitrogens is 4. The molecule has 0 aliphatic carbocycles. The molecule has 0 fully saturated rings. The quantitative estimate of drug-likeness (QED) is 0.0637. The predicted molar refractivity (Wildman–Crippen MR) is 236 cm³/mol. The third-order valence-electron chi connectivity index (χ3n) is 11.1. The zero-order valence-corrected chi connectivity index (χ0v) is 36.9. The second-order valence-electron chi connectivity index (χ2n) is 15.8. The summed E-state index contributed by atoms with van der Waals surface area (Å²) in [6.45, 7) is 18.4. The second kappa shape index (κ2) is 21.3. The molecule has 0 unspecified atom stereocenters. The molecule has 2 aliphatic rings. The van der Waals surface area contributed by atoms with Crippen LogP contribution in [0.4, 0.5) is 0 Å². The maximum atomic E-state index is 12.8. The Bertz CT molecular complexity index is 2490. The van der Waals surface area contributed by atoms with Crippen molar-refractivity contribution < 1.29 is 46.8 Å². The average molecular weight is 853 g/mol. The summed E-state index contributed by atoms with van der Waals surface area (Å²) in [5, 5.41) is 31.0. The number of aldehydes is 1. The first-order valence-electron chi connectivity index (χ1n) is 20.3. The molecule has 2 aliphatic heterocycles. The molecule has 0 saturated heterocycles. The van der Waals surface area contributed by atoms with Crippen LogP contribution in [-0.4, -0.2) is 43.5 Å². The first-order chi connectivity index (χ1) is 28.1. The fourth-order valence-electron chi connectivity index (χ4n) is 7.72. The van der Waals surface area contributed by atoms with E-state index in [0.29, 0.717) is 80.7 Å². The van der Waals surface area contributed by atoms with Crippen molar-refractivity contribution >= 4 is 62.6 Å². The molecule has 1 atom stereocenters. The number of aliphatic carboxylic acids is 2. The minimum atomic E-state index is -1.02. The summed E-state index contributed by atoms with van der Waals surface area (Å²) in [4.78, 5) is 56.0. The number of carbonyl (C=O) groups excluding carboxylic acids is 1. The van der Waals surface area contributed by atoms with Gasteiger partial charge in [0.15, 0.2) is 6.29 Å². The summed E-state index contributed by atoms with van der Waals surface area (Å²) in [7, 11) is 0. The molecule has 8 bridgehead atoms. The number of aliphatic hydroxyl groups excluding tert-OH is 1. The van der Waals surface area contributed by atoms with E-state index in [9.17, 15) is 29.7 Å². The van der Waals surface area contributed by atoms with Crippen molar-refractivity contribution in [2.75, 3.05) is 0 Å². The fraction of sp³-hybridized carbons (Fsp3) is 0.367. The summed E-state index contributed by atoms with van der Waals surface area (Å²) in [6.07, 6.45) is 13.4. The largest absolute Gasteiger partial charge is 3.00 e. The Morgan fingerprint density at radius 3 is 1.85 bits per heavy atom. The number of carboxylic acid groups (broad SMARTS) is 2. The number of rotatable bonds is 18. The van der Waals surface area contributed by atoms with Crippen molar-refractivity contribution in [1.82, 2.24) is 19.9 Å². The van der Waals surface area contributed by atoms with E-state index in [1.807, 2.05) is 32.9 Å². The molecule has 1 radical (unpaired) electrons. The minimum Gasteiger partial charge on any atom is -0.657 e. The number of allylic oxidation sites excluding steroid dienone is 11. The van der Waals surface area contributed by atoms with E-state index < -0.39 is 18.0 Å². The molecule has 3 N–H and O–H groups in total. The van der Waals surface area contributed by atoms with E-state index in [4.69, 9.17) is 19.9 Å². The third kappa shape index (κ3) is 11.5. The van der Waals surface area contributed by atoms with E-state index in [1.54, 1.807) is 18.2 Å². The molecule has 0 aromatic carbocycles. The van der Waals surface area contributed by atoms with Crippen molar-refractivity contribution in [3.05, 3.63) is 117 Å². The molecule has 0 saturated carbocycles. The topological polar surface area (TPSA) is 166 Å². The number of hydrogen-bond donors (Lipinski definition) is 3. The average Bonchev–Trinajstić information content (AvgIpc) is 3.85. The Hall–Kier alpha value is -5.35. The molecule has 11 heteroatoms. The van der Waals surface area contributed by atoms with Crippen LogP contribution in [0.25, 0.3) is 44.4 Å². The molecular formula is C49H56FeN4O6+. The van der Waals surface area contributed by atoms with Crippen molar-refractivity contribution in [2.45, 2.75) is 119 Å². The molecule has 5 heterocycles. The van der Waals surface area contributed by atoms with Gasteiger partial charge in [0.2, 0.25) is 0 Å². The predicted octanol–water partition coefficient (Wildman–Crippen LogP) is 10.5. The molecule has 0 spiro atoms. The summed E-state index contributed by atoms with van der Waals surface area (Å²) in [5.41, 5.74) is 13.3. The molecule has 3 aromatic heterocycles. The first kappa shape index (κ1) is 47.3. The van der Waals surface area contributed by atoms with E-state index in [2.05, 4.69) is 52.5 Å². The van der Waals surface area contributed by atoms with Gasteiger partial charge in [-0.1, -0.05) is 88.6 Å². The van der Waals surface area contributed by atoms with Gasteiger partial charge in [-0.05, 0) is 117 Å². The fourth-order valence-corrected chi connectivity index (χ4v) is 7.72. The minimum absolute atomic E-state index is 0. The summed E-state index contributed by atoms with van der Waals surface area (Å²) in [5.74, 6) is -1.98. The van der Waals surface area contributed by atoms with Crippen molar-refractivity contribution in [2.24, 2.45) is 0 Å². The van der Waals surface area contributed by atoms with Gasteiger partial charge in [-0.2, -0.15) is 0 Å². The Morgan fingerprint density at radius 1 is 0.700 bits per heavy atom. The molecule has 0 amide bonds. The number of aryl methyl sites for hydroxylation is 3. The van der Waals surface area contributed by atoms with Crippen LogP contribution in [0, 0.1) is 13.8 Å². The maximum Gasteiger partial charge on any atom is 3.00 e. The normalized spacial score (nSPS) is 13.6. The summed E-state index contributed by atoms with van der Waals surface area (Å²) < 4.78 is 0. The zero-order chi connectivity index (χ0) is 43.0. The maximum absolute atomic E-state index is 12.8. The van der Waals surface area contributed by atoms with Crippen LogP contribution >= 0.6 is 0 Å². The van der Waals surface area contributed by atoms with Crippen molar-refractivity contribution in [3.8, 4) is 0 Å². The summed E-state index contributed by atoms with van der Waals surface area (Å²) in [6, 6.07) is 7.13. The van der Waals surface area contributed by atoms with E-state index in [-0.39, 0.29) is 48.3 Å². The number of carbonyl (C=O) groups is 3. The SMILES string of the molecule is C=CC1=C(C)c2cc3[n-]c(cc4nc(cc5[n-]c(cc1n2)c(C)c5CCC(=O)O)C(CCC(=O)O)=C4C=O)c(C)c3[C@@H](O)CC/C=C(\C)CC/C=C(\C)CCC=C(C)C.[Fe+3]. The van der Waals surface area contributed by atoms with Crippen molar-refractivity contribution in [3.63, 3.8) is 0 Å². The number of fused-ring (bicyclic) bond motifs is 8. The van der Waals surface area contributed by atoms with E-state index in [1.165, 1.54) is 16.7 Å². The van der Waals surface area contributed by atoms with Crippen LogP contribution in [0.1, 0.15) is 144 Å². The Balaban J connectivity index is 0.00000794. The van der Waals surface area contributed by atoms with Gasteiger partial charge in [0.05, 0.1) is 28.9 Å². The van der Waals surface area contributed by atoms with Gasteiger partial charge in [-0.3, -0.25) is 14.4 Å². The number of hydrogen-bond acceptors (Lipinski definition) is 6. The number of nitrogens with zero attached hydrogens (tertiary/aromatic N) is 4. The van der Waals surface area contributed by atoms with E-state index >= 15 is 0 Å². The van der Waals surface area contributed by atoms with Crippen LogP contribution in [0.5, 0.6) is 0 Å². The van der Waals surface area contributed by atoms with Gasteiger partial charge in [0.1, 0.15) is 0 Å². The first-order valence-corrected chi connectivity index (χ1v) is 20.3. The number of aliphatic hydroxyl groups is 1. The molecule has 60 heavy (non-hydrogen) atoms. The standard InChI is InChI=1S/C49H58N4O6.Fe/c1-9-34-31(6)39-25-45-49(46(55)18-12-17-30(5)16-11-15-29(4)14-10-13-28(2)3)33(8)40(52-45)24-44-37(27-54)36(20-22-48(58)59)43(53-44)26-42-35(19-21-47(56)57)32(7)38(51-42)23-41(34)50-39;/h9,13,15,17,23-27,46,55H,1,10-12,14,16,18-22H2,2-8H3,(H4,50,51,52,53,54,56,57,58,59);/q;+3/p-2/b29-15+,30-17+,38-23?,39-25?,40-24?,41-23?,42-26?,43-26?,44-24?,45-25?;/t46-;/m0./s1. The summed E-state index contributed by atoms with van der Waals surface area (Å²) >= 11 is 0. The molecule has 3 aromatic rings. The molecule has 315 valence electrons. The smallest absolute Gasteiger partial charge is 0.657 e. The molecule has 10 nitrogen and oxygen atoms in total. The third-order valence-corrected chi connectivity index (χ3v) is 11.1. The van der Waals surface area contributed by atoms with Crippen LogP contribution in [0.3, 0.4) is 0 Å². The molecule has 5 rings (SSSR count). The Labute approximate surface area is 363 Å². The van der Waals surface area contributed by atoms with Gasteiger partial charge in [0.25, 0.3) is 0 Å². The van der Waals surface area contributed by atoms with Gasteiger partial charge in [0, 0.05) is 24.0 Å². The Morgan fingerprint density at radius 2 is 1.23 bits per heavy atom.